The molecule has 0 aliphatic carbocycles. The van der Waals surface area contributed by atoms with Crippen LogP contribution in [0.5, 0.6) is 5.75 Å². The summed E-state index contributed by atoms with van der Waals surface area (Å²) in [7, 11) is -2.56. The number of nitrogens with zero attached hydrogens (tertiary/aromatic N) is 4. The van der Waals surface area contributed by atoms with E-state index in [1.807, 2.05) is 24.4 Å². The molecule has 2 N–H and O–H groups in total. The number of ether oxygens (including phenoxy) is 1. The summed E-state index contributed by atoms with van der Waals surface area (Å²) in [5.41, 5.74) is 1.94. The molecule has 12 nitrogen and oxygen atoms in total. The Morgan fingerprint density at radius 3 is 2.58 bits per heavy atom. The number of amides is 2. The molecule has 2 aromatic carbocycles. The normalized spacial score (nSPS) is 17.8. The number of fused-ring (bicyclic) bond motifs is 1. The van der Waals surface area contributed by atoms with Gasteiger partial charge in [-0.25, -0.2) is 13.4 Å². The molecule has 45 heavy (non-hydrogen) atoms. The number of aliphatic hydroxyl groups excluding tert-OH is 1. The number of carbonyl (C=O) groups excluding carboxylic acids is 2. The largest absolute Gasteiger partial charge is 0.486 e. The molecule has 0 saturated carbocycles. The van der Waals surface area contributed by atoms with Crippen molar-refractivity contribution in [3.8, 4) is 16.3 Å². The molecule has 0 fully saturated rings. The van der Waals surface area contributed by atoms with Gasteiger partial charge in [-0.3, -0.25) is 9.59 Å². The van der Waals surface area contributed by atoms with E-state index < -0.39 is 28.1 Å². The molecule has 2 aromatic heterocycles. The Kier molecular flexibility index (Phi) is 9.39. The van der Waals surface area contributed by atoms with Crippen molar-refractivity contribution in [2.24, 2.45) is 5.92 Å². The molecular weight excluding hydrogens is 619 g/mol. The summed E-state index contributed by atoms with van der Waals surface area (Å²) in [4.78, 5) is 33.0. The van der Waals surface area contributed by atoms with Crippen molar-refractivity contribution in [1.82, 2.24) is 19.3 Å². The van der Waals surface area contributed by atoms with Gasteiger partial charge in [0.2, 0.25) is 10.0 Å². The number of nitrogens with one attached hydrogen (secondary N) is 1. The number of para-hydroxylation sites is 1. The van der Waals surface area contributed by atoms with E-state index in [2.05, 4.69) is 15.5 Å². The summed E-state index contributed by atoms with van der Waals surface area (Å²) >= 11 is 1.49. The highest BCUT2D eigenvalue weighted by Crippen LogP contribution is 2.36. The first-order valence-corrected chi connectivity index (χ1v) is 16.7. The zero-order chi connectivity index (χ0) is 32.5. The van der Waals surface area contributed by atoms with E-state index in [1.165, 1.54) is 29.6 Å². The smallest absolute Gasteiger partial charge is 0.258 e. The third-order valence-corrected chi connectivity index (χ3v) is 10.7. The lowest BCUT2D eigenvalue weighted by molar-refractivity contribution is 0.0388. The fourth-order valence-corrected chi connectivity index (χ4v) is 7.35. The Morgan fingerprint density at radius 1 is 1.22 bits per heavy atom. The molecule has 14 heteroatoms. The Labute approximate surface area is 265 Å². The van der Waals surface area contributed by atoms with Crippen LogP contribution in [0.2, 0.25) is 0 Å². The van der Waals surface area contributed by atoms with Crippen molar-refractivity contribution in [3.63, 3.8) is 0 Å². The van der Waals surface area contributed by atoms with Crippen molar-refractivity contribution in [2.75, 3.05) is 32.1 Å². The molecule has 0 saturated heterocycles. The summed E-state index contributed by atoms with van der Waals surface area (Å²) in [6.45, 7) is 6.53. The quantitative estimate of drug-likeness (QED) is 0.270. The van der Waals surface area contributed by atoms with Gasteiger partial charge in [0, 0.05) is 42.2 Å². The topological polar surface area (TPSA) is 155 Å². The Bertz CT molecular complexity index is 1770. The van der Waals surface area contributed by atoms with E-state index in [-0.39, 0.29) is 64.9 Å². The van der Waals surface area contributed by atoms with Gasteiger partial charge < -0.3 is 24.6 Å². The Hall–Kier alpha value is -4.11. The van der Waals surface area contributed by atoms with Crippen LogP contribution >= 0.6 is 11.3 Å². The highest BCUT2D eigenvalue weighted by Gasteiger charge is 2.37. The van der Waals surface area contributed by atoms with Gasteiger partial charge in [-0.2, -0.15) is 4.31 Å². The van der Waals surface area contributed by atoms with Crippen molar-refractivity contribution >= 4 is 38.9 Å². The molecular formula is C31H35N5O7S2. The number of anilines is 1. The molecule has 0 spiro atoms. The number of likely N-dealkylation sites (N-methyl/N-ethyl adjacent to an activating group) is 1. The van der Waals surface area contributed by atoms with Crippen molar-refractivity contribution in [3.05, 3.63) is 76.6 Å². The summed E-state index contributed by atoms with van der Waals surface area (Å²) in [6, 6.07) is 11.3. The number of carbonyl (C=O) groups is 2. The van der Waals surface area contributed by atoms with E-state index >= 15 is 0 Å². The van der Waals surface area contributed by atoms with E-state index in [0.717, 1.165) is 10.6 Å². The Balaban J connectivity index is 1.49. The van der Waals surface area contributed by atoms with Crippen LogP contribution in [0.25, 0.3) is 10.6 Å². The van der Waals surface area contributed by atoms with Gasteiger partial charge in [0.25, 0.3) is 11.8 Å². The van der Waals surface area contributed by atoms with E-state index in [1.54, 1.807) is 55.3 Å². The Morgan fingerprint density at radius 2 is 1.96 bits per heavy atom. The maximum Gasteiger partial charge on any atom is 0.258 e. The minimum Gasteiger partial charge on any atom is -0.486 e. The standard InChI is InChI=1S/C31H35N5O7S2/c1-18-15-36(19(2)17-37)31(39)24-7-6-8-25(33-29(38)22-9-11-23(12-10-22)30-32-13-14-44-30)27(24)42-26(18)16-35(5)45(40,41)28-20(3)34-43-21(28)4/h6-14,18-19,26,37H,15-17H2,1-5H3,(H,33,38)/t18-,19+,26-/m0/s1. The van der Waals surface area contributed by atoms with Crippen LogP contribution in [0.15, 0.2) is 63.5 Å². The second-order valence-electron chi connectivity index (χ2n) is 11.1. The molecule has 2 amide bonds. The summed E-state index contributed by atoms with van der Waals surface area (Å²) in [5.74, 6) is -0.881. The second-order valence-corrected chi connectivity index (χ2v) is 14.0. The zero-order valence-corrected chi connectivity index (χ0v) is 27.2. The molecule has 1 aliphatic heterocycles. The number of thiazole rings is 1. The van der Waals surface area contributed by atoms with Crippen LogP contribution < -0.4 is 10.1 Å². The summed E-state index contributed by atoms with van der Waals surface area (Å²) in [5, 5.41) is 19.3. The number of hydrogen-bond donors (Lipinski definition) is 2. The third-order valence-electron chi connectivity index (χ3n) is 7.84. The van der Waals surface area contributed by atoms with Crippen LogP contribution in [0.4, 0.5) is 5.69 Å². The summed E-state index contributed by atoms with van der Waals surface area (Å²) < 4.78 is 39.9. The van der Waals surface area contributed by atoms with Gasteiger partial charge in [-0.1, -0.05) is 30.3 Å². The molecule has 3 heterocycles. The van der Waals surface area contributed by atoms with Gasteiger partial charge in [0.1, 0.15) is 21.7 Å². The van der Waals surface area contributed by atoms with Crippen LogP contribution in [0.1, 0.15) is 46.0 Å². The SMILES string of the molecule is Cc1noc(C)c1S(=O)(=O)N(C)C[C@@H]1Oc2c(NC(=O)c3ccc(-c4nccs4)cc3)cccc2C(=O)N([C@H](C)CO)C[C@@H]1C. The van der Waals surface area contributed by atoms with Crippen molar-refractivity contribution in [1.29, 1.82) is 0 Å². The monoisotopic (exact) mass is 653 g/mol. The first kappa shape index (κ1) is 32.3. The molecule has 5 rings (SSSR count). The lowest BCUT2D eigenvalue weighted by Crippen LogP contribution is -2.50. The minimum absolute atomic E-state index is 0.0107. The number of rotatable bonds is 9. The van der Waals surface area contributed by atoms with Crippen molar-refractivity contribution in [2.45, 2.75) is 44.7 Å². The third kappa shape index (κ3) is 6.50. The maximum absolute atomic E-state index is 13.8. The number of hydrogen-bond acceptors (Lipinski definition) is 10. The van der Waals surface area contributed by atoms with Crippen LogP contribution in [0.3, 0.4) is 0 Å². The molecule has 0 bridgehead atoms. The van der Waals surface area contributed by atoms with Crippen LogP contribution in [0, 0.1) is 19.8 Å². The average Bonchev–Trinajstić information content (AvgIpc) is 3.68. The van der Waals surface area contributed by atoms with Gasteiger partial charge in [-0.05, 0) is 45.0 Å². The number of aryl methyl sites for hydroxylation is 2. The predicted octanol–water partition coefficient (Wildman–Crippen LogP) is 4.21. The molecule has 1 aliphatic rings. The highest BCUT2D eigenvalue weighted by molar-refractivity contribution is 7.89. The van der Waals surface area contributed by atoms with Gasteiger partial charge >= 0.3 is 0 Å². The van der Waals surface area contributed by atoms with E-state index in [4.69, 9.17) is 9.26 Å². The molecule has 3 atom stereocenters. The lowest BCUT2D eigenvalue weighted by Gasteiger charge is -2.38. The van der Waals surface area contributed by atoms with Crippen LogP contribution in [-0.4, -0.2) is 83.6 Å². The first-order chi connectivity index (χ1) is 21.4. The average molecular weight is 654 g/mol. The lowest BCUT2D eigenvalue weighted by atomic mass is 9.99. The molecule has 238 valence electrons. The van der Waals surface area contributed by atoms with Crippen LogP contribution in [-0.2, 0) is 10.0 Å². The zero-order valence-electron chi connectivity index (χ0n) is 25.6. The van der Waals surface area contributed by atoms with Gasteiger partial charge in [0.15, 0.2) is 11.5 Å². The van der Waals surface area contributed by atoms with E-state index in [0.29, 0.717) is 5.56 Å². The predicted molar refractivity (Wildman–Crippen MR) is 169 cm³/mol. The van der Waals surface area contributed by atoms with Crippen molar-refractivity contribution < 1.29 is 32.4 Å². The number of sulfonamides is 1. The number of aromatic nitrogens is 2. The summed E-state index contributed by atoms with van der Waals surface area (Å²) in [6.07, 6.45) is 0.965. The minimum atomic E-state index is -4.01. The molecule has 0 unspecified atom stereocenters. The highest BCUT2D eigenvalue weighted by atomic mass is 32.2. The number of benzene rings is 2. The fraction of sp³-hybridized carbons (Fsp3) is 0.355. The van der Waals surface area contributed by atoms with Gasteiger partial charge in [0.05, 0.1) is 30.4 Å². The van der Waals surface area contributed by atoms with Gasteiger partial charge in [-0.15, -0.1) is 11.3 Å². The maximum atomic E-state index is 13.8. The molecule has 0 radical (unpaired) electrons. The first-order valence-electron chi connectivity index (χ1n) is 14.3. The fourth-order valence-electron chi connectivity index (χ4n) is 5.23. The number of aliphatic hydroxyl groups is 1. The molecule has 4 aromatic rings. The van der Waals surface area contributed by atoms with E-state index in [9.17, 15) is 23.1 Å². The second kappa shape index (κ2) is 13.1.